The Balaban J connectivity index is 2.43. The molecule has 0 aromatic heterocycles. The number of carbonyl (C=O) groups excluding carboxylic acids is 1. The Bertz CT molecular complexity index is 424. The van der Waals surface area contributed by atoms with Crippen LogP contribution in [0, 0.1) is 5.92 Å². The van der Waals surface area contributed by atoms with Crippen molar-refractivity contribution < 1.29 is 14.3 Å². The zero-order valence-corrected chi connectivity index (χ0v) is 13.1. The Labute approximate surface area is 127 Å². The van der Waals surface area contributed by atoms with Crippen molar-refractivity contribution in [3.8, 4) is 0 Å². The second-order valence-electron chi connectivity index (χ2n) is 4.90. The fraction of sp³-hybridized carbons (Fsp3) is 0.562. The van der Waals surface area contributed by atoms with Crippen LogP contribution < -0.4 is 10.6 Å². The molecule has 0 aliphatic rings. The number of anilines is 1. The first kappa shape index (κ1) is 17.6. The van der Waals surface area contributed by atoms with Gasteiger partial charge in [-0.2, -0.15) is 0 Å². The van der Waals surface area contributed by atoms with Gasteiger partial charge in [0.25, 0.3) is 0 Å². The third-order valence-corrected chi connectivity index (χ3v) is 3.00. The lowest BCUT2D eigenvalue weighted by molar-refractivity contribution is -0.119. The van der Waals surface area contributed by atoms with E-state index in [1.165, 1.54) is 0 Å². The molecule has 1 aromatic carbocycles. The highest BCUT2D eigenvalue weighted by molar-refractivity contribution is 5.92. The molecule has 0 aliphatic carbocycles. The van der Waals surface area contributed by atoms with Gasteiger partial charge in [-0.3, -0.25) is 4.79 Å². The number of hydrogen-bond acceptors (Lipinski definition) is 4. The summed E-state index contributed by atoms with van der Waals surface area (Å²) in [5, 5.41) is 5.92. The molecule has 21 heavy (non-hydrogen) atoms. The van der Waals surface area contributed by atoms with E-state index in [1.54, 1.807) is 0 Å². The number of benzene rings is 1. The van der Waals surface area contributed by atoms with Gasteiger partial charge in [0.15, 0.2) is 0 Å². The Morgan fingerprint density at radius 3 is 2.76 bits per heavy atom. The standard InChI is InChI=1S/C16H26N2O3/c1-4-20-8-9-21-12-14-6-5-7-15(10-14)18-16(19)13(2)11-17-3/h5-7,10,13,17H,4,8-9,11-12H2,1-3H3,(H,18,19). The van der Waals surface area contributed by atoms with Gasteiger partial charge in [0.1, 0.15) is 0 Å². The SMILES string of the molecule is CCOCCOCc1cccc(NC(=O)C(C)CNC)c1. The summed E-state index contributed by atoms with van der Waals surface area (Å²) in [7, 11) is 1.84. The van der Waals surface area contributed by atoms with E-state index in [1.807, 2.05) is 45.2 Å². The predicted octanol–water partition coefficient (Wildman–Crippen LogP) is 2.03. The van der Waals surface area contributed by atoms with Gasteiger partial charge in [-0.25, -0.2) is 0 Å². The molecular weight excluding hydrogens is 268 g/mol. The lowest BCUT2D eigenvalue weighted by Crippen LogP contribution is -2.28. The van der Waals surface area contributed by atoms with Crippen LogP contribution in [0.15, 0.2) is 24.3 Å². The summed E-state index contributed by atoms with van der Waals surface area (Å²) in [6, 6.07) is 7.71. The first-order valence-corrected chi connectivity index (χ1v) is 7.37. The minimum Gasteiger partial charge on any atom is -0.379 e. The molecule has 1 atom stereocenters. The molecule has 118 valence electrons. The molecule has 2 N–H and O–H groups in total. The monoisotopic (exact) mass is 294 g/mol. The molecule has 1 aromatic rings. The summed E-state index contributed by atoms with van der Waals surface area (Å²) < 4.78 is 10.7. The van der Waals surface area contributed by atoms with Crippen molar-refractivity contribution >= 4 is 11.6 Å². The Morgan fingerprint density at radius 2 is 2.05 bits per heavy atom. The van der Waals surface area contributed by atoms with Crippen LogP contribution in [0.3, 0.4) is 0 Å². The number of ether oxygens (including phenoxy) is 2. The van der Waals surface area contributed by atoms with Crippen LogP contribution in [-0.2, 0) is 20.9 Å². The summed E-state index contributed by atoms with van der Waals surface area (Å²) in [6.45, 7) is 6.91. The normalized spacial score (nSPS) is 12.1. The predicted molar refractivity (Wildman–Crippen MR) is 84.3 cm³/mol. The number of nitrogens with one attached hydrogen (secondary N) is 2. The van der Waals surface area contributed by atoms with Crippen molar-refractivity contribution in [2.75, 3.05) is 38.7 Å². The fourth-order valence-corrected chi connectivity index (χ4v) is 1.86. The largest absolute Gasteiger partial charge is 0.379 e. The molecule has 5 heteroatoms. The van der Waals surface area contributed by atoms with Crippen molar-refractivity contribution in [1.29, 1.82) is 0 Å². The average molecular weight is 294 g/mol. The van der Waals surface area contributed by atoms with Crippen LogP contribution in [-0.4, -0.2) is 39.3 Å². The summed E-state index contributed by atoms with van der Waals surface area (Å²) in [4.78, 5) is 11.9. The third kappa shape index (κ3) is 7.22. The molecule has 0 saturated carbocycles. The second kappa shape index (κ2) is 10.3. The van der Waals surface area contributed by atoms with Crippen molar-refractivity contribution in [1.82, 2.24) is 5.32 Å². The minimum atomic E-state index is -0.0684. The lowest BCUT2D eigenvalue weighted by Gasteiger charge is -2.12. The van der Waals surface area contributed by atoms with Gasteiger partial charge < -0.3 is 20.1 Å². The zero-order valence-electron chi connectivity index (χ0n) is 13.1. The van der Waals surface area contributed by atoms with Crippen molar-refractivity contribution in [2.24, 2.45) is 5.92 Å². The van der Waals surface area contributed by atoms with Crippen molar-refractivity contribution in [2.45, 2.75) is 20.5 Å². The molecular formula is C16H26N2O3. The van der Waals surface area contributed by atoms with E-state index >= 15 is 0 Å². The smallest absolute Gasteiger partial charge is 0.228 e. The van der Waals surface area contributed by atoms with Crippen LogP contribution >= 0.6 is 0 Å². The molecule has 0 radical (unpaired) electrons. The van der Waals surface area contributed by atoms with Gasteiger partial charge >= 0.3 is 0 Å². The minimum absolute atomic E-state index is 0.0127. The van der Waals surface area contributed by atoms with Crippen LogP contribution in [0.4, 0.5) is 5.69 Å². The van der Waals surface area contributed by atoms with Gasteiger partial charge in [0, 0.05) is 24.8 Å². The molecule has 0 spiro atoms. The number of rotatable bonds is 10. The van der Waals surface area contributed by atoms with Crippen LogP contribution in [0.5, 0.6) is 0 Å². The van der Waals surface area contributed by atoms with Gasteiger partial charge in [-0.05, 0) is 31.7 Å². The topological polar surface area (TPSA) is 59.6 Å². The van der Waals surface area contributed by atoms with E-state index in [9.17, 15) is 4.79 Å². The van der Waals surface area contributed by atoms with Crippen LogP contribution in [0.25, 0.3) is 0 Å². The lowest BCUT2D eigenvalue weighted by atomic mass is 10.1. The molecule has 5 nitrogen and oxygen atoms in total. The van der Waals surface area contributed by atoms with Gasteiger partial charge in [-0.15, -0.1) is 0 Å². The third-order valence-electron chi connectivity index (χ3n) is 3.00. The Morgan fingerprint density at radius 1 is 1.29 bits per heavy atom. The zero-order chi connectivity index (χ0) is 15.5. The molecule has 1 unspecified atom stereocenters. The molecule has 0 saturated heterocycles. The summed E-state index contributed by atoms with van der Waals surface area (Å²) in [5.41, 5.74) is 1.83. The first-order chi connectivity index (χ1) is 10.2. The van der Waals surface area contributed by atoms with Crippen LogP contribution in [0.2, 0.25) is 0 Å². The second-order valence-corrected chi connectivity index (χ2v) is 4.90. The maximum Gasteiger partial charge on any atom is 0.228 e. The average Bonchev–Trinajstić information content (AvgIpc) is 2.47. The van der Waals surface area contributed by atoms with Gasteiger partial charge in [0.05, 0.1) is 19.8 Å². The van der Waals surface area contributed by atoms with Crippen molar-refractivity contribution in [3.05, 3.63) is 29.8 Å². The van der Waals surface area contributed by atoms with Crippen LogP contribution in [0.1, 0.15) is 19.4 Å². The van der Waals surface area contributed by atoms with Crippen molar-refractivity contribution in [3.63, 3.8) is 0 Å². The molecule has 1 rings (SSSR count). The van der Waals surface area contributed by atoms with Gasteiger partial charge in [-0.1, -0.05) is 19.1 Å². The van der Waals surface area contributed by atoms with E-state index in [0.29, 0.717) is 33.0 Å². The highest BCUT2D eigenvalue weighted by Crippen LogP contribution is 2.12. The Kier molecular flexibility index (Phi) is 8.66. The van der Waals surface area contributed by atoms with E-state index in [2.05, 4.69) is 10.6 Å². The van der Waals surface area contributed by atoms with E-state index in [0.717, 1.165) is 11.3 Å². The Hall–Kier alpha value is -1.43. The van der Waals surface area contributed by atoms with E-state index in [4.69, 9.17) is 9.47 Å². The molecule has 0 fully saturated rings. The highest BCUT2D eigenvalue weighted by atomic mass is 16.5. The molecule has 0 bridgehead atoms. The van der Waals surface area contributed by atoms with E-state index < -0.39 is 0 Å². The number of hydrogen-bond donors (Lipinski definition) is 2. The summed E-state index contributed by atoms with van der Waals surface area (Å²) in [6.07, 6.45) is 0. The summed E-state index contributed by atoms with van der Waals surface area (Å²) >= 11 is 0. The highest BCUT2D eigenvalue weighted by Gasteiger charge is 2.11. The summed E-state index contributed by atoms with van der Waals surface area (Å²) in [5.74, 6) is -0.0557. The van der Waals surface area contributed by atoms with Gasteiger partial charge in [0.2, 0.25) is 5.91 Å². The maximum atomic E-state index is 11.9. The number of amides is 1. The quantitative estimate of drug-likeness (QED) is 0.648. The molecule has 0 aliphatic heterocycles. The maximum absolute atomic E-state index is 11.9. The van der Waals surface area contributed by atoms with E-state index in [-0.39, 0.29) is 11.8 Å². The molecule has 0 heterocycles. The fourth-order valence-electron chi connectivity index (χ4n) is 1.86. The number of carbonyl (C=O) groups is 1. The molecule has 1 amide bonds. The first-order valence-electron chi connectivity index (χ1n) is 7.37.